The van der Waals surface area contributed by atoms with Gasteiger partial charge >= 0.3 is 12.4 Å². The quantitative estimate of drug-likeness (QED) is 0.350. The van der Waals surface area contributed by atoms with Crippen LogP contribution in [0.15, 0.2) is 76.0 Å². The Labute approximate surface area is 201 Å². The molecule has 0 unspecified atom stereocenters. The van der Waals surface area contributed by atoms with E-state index in [1.807, 2.05) is 0 Å². The van der Waals surface area contributed by atoms with E-state index in [0.29, 0.717) is 17.2 Å². The molecule has 1 aliphatic heterocycles. The van der Waals surface area contributed by atoms with Gasteiger partial charge in [-0.05, 0) is 36.4 Å². The summed E-state index contributed by atoms with van der Waals surface area (Å²) in [5, 5.41) is 10.8. The van der Waals surface area contributed by atoms with Crippen LogP contribution in [0, 0.1) is 0 Å². The highest BCUT2D eigenvalue weighted by molar-refractivity contribution is 7.92. The molecule has 14 heteroatoms. The Kier molecular flexibility index (Phi) is 5.80. The van der Waals surface area contributed by atoms with Gasteiger partial charge < -0.3 is 23.9 Å². The largest absolute Gasteiger partial charge is 0.573 e. The number of rotatable bonds is 7. The third kappa shape index (κ3) is 5.12. The number of anilines is 3. The van der Waals surface area contributed by atoms with Gasteiger partial charge in [0.2, 0.25) is 6.79 Å². The Bertz CT molecular complexity index is 1520. The van der Waals surface area contributed by atoms with Gasteiger partial charge in [-0.2, -0.15) is 0 Å². The van der Waals surface area contributed by atoms with Gasteiger partial charge in [0.1, 0.15) is 5.75 Å². The van der Waals surface area contributed by atoms with Gasteiger partial charge in [0.15, 0.2) is 11.5 Å². The van der Waals surface area contributed by atoms with Crippen LogP contribution in [0.1, 0.15) is 0 Å². The summed E-state index contributed by atoms with van der Waals surface area (Å²) in [5.74, 6) is 0.466. The second kappa shape index (κ2) is 8.96. The second-order valence-electron chi connectivity index (χ2n) is 7.28. The van der Waals surface area contributed by atoms with E-state index < -0.39 is 27.0 Å². The molecular weight excluding hydrogens is 505 g/mol. The van der Waals surface area contributed by atoms with Crippen LogP contribution in [-0.2, 0) is 10.0 Å². The van der Waals surface area contributed by atoms with Crippen LogP contribution in [0.5, 0.6) is 17.2 Å². The molecule has 5 rings (SSSR count). The number of aromatic nitrogens is 2. The monoisotopic (exact) mass is 520 g/mol. The molecule has 3 aromatic carbocycles. The van der Waals surface area contributed by atoms with Crippen molar-refractivity contribution in [1.82, 2.24) is 10.2 Å². The predicted molar refractivity (Wildman–Crippen MR) is 120 cm³/mol. The lowest BCUT2D eigenvalue weighted by molar-refractivity contribution is -0.274. The first-order valence-electron chi connectivity index (χ1n) is 10.1. The molecule has 0 atom stereocenters. The minimum atomic E-state index is -4.97. The van der Waals surface area contributed by atoms with Gasteiger partial charge in [0.05, 0.1) is 16.1 Å². The highest BCUT2D eigenvalue weighted by Gasteiger charge is 2.31. The van der Waals surface area contributed by atoms with Crippen LogP contribution in [0.3, 0.4) is 0 Å². The summed E-state index contributed by atoms with van der Waals surface area (Å²) in [6.45, 7) is 0.121. The fourth-order valence-electron chi connectivity index (χ4n) is 3.28. The normalized spacial score (nSPS) is 12.9. The molecule has 0 bridgehead atoms. The van der Waals surface area contributed by atoms with Crippen LogP contribution in [0.25, 0.3) is 11.5 Å². The van der Waals surface area contributed by atoms with Crippen molar-refractivity contribution in [2.24, 2.45) is 0 Å². The van der Waals surface area contributed by atoms with Crippen LogP contribution in [-0.4, -0.2) is 31.8 Å². The molecule has 2 heterocycles. The van der Waals surface area contributed by atoms with E-state index >= 15 is 0 Å². The lowest BCUT2D eigenvalue weighted by Gasteiger charge is -2.13. The standard InChI is InChI=1S/C22H15F3N4O6S/c23-22(24,25)35-14-4-3-5-15(11-14)36(30,31)29-17-7-2-1-6-16(17)20-27-28-21(34-20)26-13-8-9-18-19(10-13)33-12-32-18/h1-11,29H,12H2,(H,26,28). The Balaban J connectivity index is 1.37. The van der Waals surface area contributed by atoms with E-state index in [4.69, 9.17) is 13.9 Å². The van der Waals surface area contributed by atoms with Crippen molar-refractivity contribution >= 4 is 27.4 Å². The summed E-state index contributed by atoms with van der Waals surface area (Å²) < 4.78 is 85.7. The molecule has 1 aliphatic rings. The molecule has 2 N–H and O–H groups in total. The number of sulfonamides is 1. The number of hydrogen-bond acceptors (Lipinski definition) is 9. The van der Waals surface area contributed by atoms with Crippen molar-refractivity contribution in [2.45, 2.75) is 11.3 Å². The molecule has 0 saturated heterocycles. The summed E-state index contributed by atoms with van der Waals surface area (Å²) >= 11 is 0. The summed E-state index contributed by atoms with van der Waals surface area (Å²) in [6, 6.07) is 15.3. The van der Waals surface area contributed by atoms with Crippen molar-refractivity contribution in [2.75, 3.05) is 16.8 Å². The number of ether oxygens (including phenoxy) is 3. The first-order valence-corrected chi connectivity index (χ1v) is 11.6. The summed E-state index contributed by atoms with van der Waals surface area (Å²) in [7, 11) is -4.30. The maximum Gasteiger partial charge on any atom is 0.573 e. The molecule has 0 amide bonds. The van der Waals surface area contributed by atoms with Crippen molar-refractivity contribution in [3.8, 4) is 28.7 Å². The van der Waals surface area contributed by atoms with Gasteiger partial charge in [0.25, 0.3) is 15.9 Å². The second-order valence-corrected chi connectivity index (χ2v) is 8.96. The Hall–Kier alpha value is -4.46. The molecule has 0 fully saturated rings. The molecule has 4 aromatic rings. The number of halogens is 3. The van der Waals surface area contributed by atoms with Gasteiger partial charge in [0, 0.05) is 17.8 Å². The number of hydrogen-bond donors (Lipinski definition) is 2. The molecule has 1 aromatic heterocycles. The zero-order valence-electron chi connectivity index (χ0n) is 17.9. The average molecular weight is 520 g/mol. The van der Waals surface area contributed by atoms with E-state index in [-0.39, 0.29) is 29.9 Å². The zero-order chi connectivity index (χ0) is 25.3. The number of benzene rings is 3. The van der Waals surface area contributed by atoms with Gasteiger partial charge in [-0.15, -0.1) is 18.3 Å². The van der Waals surface area contributed by atoms with E-state index in [0.717, 1.165) is 24.3 Å². The number of nitrogens with one attached hydrogen (secondary N) is 2. The lowest BCUT2D eigenvalue weighted by Crippen LogP contribution is -2.18. The highest BCUT2D eigenvalue weighted by atomic mass is 32.2. The summed E-state index contributed by atoms with van der Waals surface area (Å²) in [4.78, 5) is -0.435. The van der Waals surface area contributed by atoms with E-state index in [1.54, 1.807) is 36.4 Å². The van der Waals surface area contributed by atoms with Crippen LogP contribution in [0.2, 0.25) is 0 Å². The number of para-hydroxylation sites is 1. The predicted octanol–water partition coefficient (Wildman–Crippen LogP) is 4.91. The minimum absolute atomic E-state index is 0.00861. The third-order valence-electron chi connectivity index (χ3n) is 4.80. The van der Waals surface area contributed by atoms with Crippen molar-refractivity contribution in [1.29, 1.82) is 0 Å². The Morgan fingerprint density at radius 2 is 1.72 bits per heavy atom. The smallest absolute Gasteiger partial charge is 0.454 e. The van der Waals surface area contributed by atoms with Gasteiger partial charge in [-0.25, -0.2) is 8.42 Å². The fraction of sp³-hybridized carbons (Fsp3) is 0.0909. The van der Waals surface area contributed by atoms with Gasteiger partial charge in [-0.3, -0.25) is 4.72 Å². The van der Waals surface area contributed by atoms with Crippen molar-refractivity contribution in [3.05, 3.63) is 66.7 Å². The van der Waals surface area contributed by atoms with Crippen LogP contribution < -0.4 is 24.2 Å². The van der Waals surface area contributed by atoms with Crippen LogP contribution in [0.4, 0.5) is 30.6 Å². The highest BCUT2D eigenvalue weighted by Crippen LogP contribution is 2.36. The average Bonchev–Trinajstić information content (AvgIpc) is 3.47. The molecule has 186 valence electrons. The fourth-order valence-corrected chi connectivity index (χ4v) is 4.40. The maximum absolute atomic E-state index is 12.9. The summed E-state index contributed by atoms with van der Waals surface area (Å²) in [6.07, 6.45) is -4.97. The SMILES string of the molecule is O=S(=O)(Nc1ccccc1-c1nnc(Nc2ccc3c(c2)OCO3)o1)c1cccc(OC(F)(F)F)c1. The number of alkyl halides is 3. The Morgan fingerprint density at radius 3 is 2.56 bits per heavy atom. The van der Waals surface area contributed by atoms with E-state index in [1.165, 1.54) is 6.07 Å². The Morgan fingerprint density at radius 1 is 0.917 bits per heavy atom. The maximum atomic E-state index is 12.9. The minimum Gasteiger partial charge on any atom is -0.454 e. The first-order chi connectivity index (χ1) is 17.2. The zero-order valence-corrected chi connectivity index (χ0v) is 18.8. The van der Waals surface area contributed by atoms with Crippen LogP contribution >= 0.6 is 0 Å². The van der Waals surface area contributed by atoms with Gasteiger partial charge in [-0.1, -0.05) is 23.3 Å². The first kappa shape index (κ1) is 23.3. The molecule has 0 saturated carbocycles. The molecule has 0 spiro atoms. The van der Waals surface area contributed by atoms with E-state index in [2.05, 4.69) is 25.0 Å². The van der Waals surface area contributed by atoms with Crippen molar-refractivity contribution < 1.29 is 40.2 Å². The molecule has 10 nitrogen and oxygen atoms in total. The third-order valence-corrected chi connectivity index (χ3v) is 6.16. The number of nitrogens with zero attached hydrogens (tertiary/aromatic N) is 2. The topological polar surface area (TPSA) is 125 Å². The number of fused-ring (bicyclic) bond motifs is 1. The molecule has 36 heavy (non-hydrogen) atoms. The molecule has 0 aliphatic carbocycles. The summed E-state index contributed by atoms with van der Waals surface area (Å²) in [5.41, 5.74) is 0.900. The lowest BCUT2D eigenvalue weighted by atomic mass is 10.2. The molecular formula is C22H15F3N4O6S. The van der Waals surface area contributed by atoms with E-state index in [9.17, 15) is 21.6 Å². The molecule has 0 radical (unpaired) electrons. The van der Waals surface area contributed by atoms with Crippen molar-refractivity contribution in [3.63, 3.8) is 0 Å².